The van der Waals surface area contributed by atoms with E-state index in [0.29, 0.717) is 5.56 Å². The smallest absolute Gasteiger partial charge is 0.435 e. The van der Waals surface area contributed by atoms with Gasteiger partial charge in [-0.05, 0) is 37.3 Å². The standard InChI is InChI=1S/C26H27F3N6O7S/c1-4-24(36)41-17(3)42-32-35(38)33-14-13-21(33)25(37)31-43(39,40)20-11-9-19(10-12-20)34-22(15-23(30-34)26(27,28)29)18-7-5-16(2)6-8-18/h5-12,15,17,21H,4,13-14H2,1-3H3,(H,31,37)/t17?,21-/m0/s1. The molecule has 1 aromatic heterocycles. The van der Waals surface area contributed by atoms with Crippen LogP contribution >= 0.6 is 0 Å². The number of alkyl halides is 3. The number of rotatable bonds is 10. The maximum Gasteiger partial charge on any atom is 0.435 e. The summed E-state index contributed by atoms with van der Waals surface area (Å²) in [6.07, 6.45) is -5.67. The van der Waals surface area contributed by atoms with Gasteiger partial charge in [0, 0.05) is 25.3 Å². The van der Waals surface area contributed by atoms with Gasteiger partial charge in [-0.1, -0.05) is 36.8 Å². The highest BCUT2D eigenvalue weighted by atomic mass is 32.2. The van der Waals surface area contributed by atoms with E-state index in [2.05, 4.69) is 10.4 Å². The van der Waals surface area contributed by atoms with Gasteiger partial charge in [-0.15, -0.1) is 5.01 Å². The first kappa shape index (κ1) is 31.3. The average Bonchev–Trinajstić information content (AvgIpc) is 3.38. The Hall–Kier alpha value is -4.67. The molecule has 0 aliphatic carbocycles. The number of hydrogen-bond donors (Lipinski definition) is 1. The van der Waals surface area contributed by atoms with E-state index in [1.807, 2.05) is 11.6 Å². The van der Waals surface area contributed by atoms with E-state index in [-0.39, 0.29) is 40.6 Å². The Bertz CT molecular complexity index is 1620. The van der Waals surface area contributed by atoms with Crippen molar-refractivity contribution in [2.45, 2.75) is 57.0 Å². The zero-order valence-electron chi connectivity index (χ0n) is 23.1. The van der Waals surface area contributed by atoms with Crippen LogP contribution in [0, 0.1) is 12.1 Å². The lowest BCUT2D eigenvalue weighted by molar-refractivity contribution is -0.730. The summed E-state index contributed by atoms with van der Waals surface area (Å²) in [7, 11) is -4.43. The lowest BCUT2D eigenvalue weighted by Crippen LogP contribution is -2.59. The highest BCUT2D eigenvalue weighted by Crippen LogP contribution is 2.33. The van der Waals surface area contributed by atoms with Crippen molar-refractivity contribution in [3.8, 4) is 16.9 Å². The van der Waals surface area contributed by atoms with Crippen molar-refractivity contribution in [1.82, 2.24) is 19.5 Å². The molecule has 0 saturated carbocycles. The Kier molecular flexibility index (Phi) is 8.93. The zero-order valence-corrected chi connectivity index (χ0v) is 23.9. The summed E-state index contributed by atoms with van der Waals surface area (Å²) in [6, 6.07) is 11.2. The van der Waals surface area contributed by atoms with Crippen LogP contribution in [0.4, 0.5) is 13.2 Å². The number of carbonyl (C=O) groups excluding carboxylic acids is 2. The first-order valence-electron chi connectivity index (χ1n) is 12.9. The Morgan fingerprint density at radius 2 is 1.84 bits per heavy atom. The minimum absolute atomic E-state index is 0.0453. The Labute approximate surface area is 244 Å². The first-order valence-corrected chi connectivity index (χ1v) is 14.4. The molecule has 3 aromatic rings. The fourth-order valence-electron chi connectivity index (χ4n) is 3.96. The van der Waals surface area contributed by atoms with Crippen LogP contribution in [0.3, 0.4) is 0 Å². The zero-order chi connectivity index (χ0) is 31.5. The SMILES string of the molecule is CCC(=O)OC(C)ON=[N+]([O-])N1CC[C@H]1C(=O)NS(=O)(=O)c1ccc(-n2nc(C(F)(F)F)cc2-c2ccc(C)cc2)cc1. The van der Waals surface area contributed by atoms with Crippen molar-refractivity contribution >= 4 is 21.9 Å². The highest BCUT2D eigenvalue weighted by molar-refractivity contribution is 7.90. The van der Waals surface area contributed by atoms with Gasteiger partial charge < -0.3 is 9.94 Å². The van der Waals surface area contributed by atoms with E-state index in [4.69, 9.17) is 9.57 Å². The number of hydrogen-bond acceptors (Lipinski definition) is 9. The number of benzene rings is 2. The average molecular weight is 625 g/mol. The Morgan fingerprint density at radius 3 is 2.40 bits per heavy atom. The Balaban J connectivity index is 1.48. The lowest BCUT2D eigenvalue weighted by Gasteiger charge is -2.34. The summed E-state index contributed by atoms with van der Waals surface area (Å²) in [5.41, 5.74) is 0.518. The fourth-order valence-corrected chi connectivity index (χ4v) is 4.97. The van der Waals surface area contributed by atoms with Gasteiger partial charge in [-0.25, -0.2) is 17.8 Å². The predicted molar refractivity (Wildman–Crippen MR) is 142 cm³/mol. The molecule has 1 unspecified atom stereocenters. The normalized spacial score (nSPS) is 16.3. The number of amides is 1. The molecule has 1 aliphatic heterocycles. The number of halogens is 3. The van der Waals surface area contributed by atoms with E-state index in [0.717, 1.165) is 33.5 Å². The van der Waals surface area contributed by atoms with Crippen LogP contribution < -0.4 is 4.72 Å². The molecule has 13 nitrogen and oxygen atoms in total. The molecule has 0 radical (unpaired) electrons. The van der Waals surface area contributed by atoms with Gasteiger partial charge in [-0.3, -0.25) is 14.4 Å². The number of hydrazine groups is 1. The topological polar surface area (TPSA) is 158 Å². The molecular formula is C26H27F3N6O7S. The molecule has 2 heterocycles. The molecule has 2 aromatic carbocycles. The van der Waals surface area contributed by atoms with Gasteiger partial charge >= 0.3 is 12.1 Å². The van der Waals surface area contributed by atoms with Crippen molar-refractivity contribution < 1.29 is 45.7 Å². The van der Waals surface area contributed by atoms with E-state index in [9.17, 15) is 36.4 Å². The van der Waals surface area contributed by atoms with E-state index in [1.54, 1.807) is 31.2 Å². The van der Waals surface area contributed by atoms with Crippen molar-refractivity contribution in [3.63, 3.8) is 0 Å². The number of sulfonamides is 1. The van der Waals surface area contributed by atoms with Crippen molar-refractivity contribution in [2.75, 3.05) is 6.54 Å². The van der Waals surface area contributed by atoms with Crippen LogP contribution in [0.1, 0.15) is 37.9 Å². The second-order valence-corrected chi connectivity index (χ2v) is 11.2. The largest absolute Gasteiger partial charge is 0.569 e. The van der Waals surface area contributed by atoms with Gasteiger partial charge in [0.2, 0.25) is 5.28 Å². The van der Waals surface area contributed by atoms with Crippen LogP contribution in [0.25, 0.3) is 16.9 Å². The number of nitrogens with zero attached hydrogens (tertiary/aromatic N) is 5. The summed E-state index contributed by atoms with van der Waals surface area (Å²) in [6.45, 7) is 4.79. The third-order valence-electron chi connectivity index (χ3n) is 6.34. The molecule has 1 amide bonds. The van der Waals surface area contributed by atoms with Gasteiger partial charge in [0.1, 0.15) is 0 Å². The molecule has 4 rings (SSSR count). The molecular weight excluding hydrogens is 597 g/mol. The van der Waals surface area contributed by atoms with E-state index >= 15 is 0 Å². The molecule has 1 aliphatic rings. The molecule has 2 atom stereocenters. The number of carbonyl (C=O) groups is 2. The van der Waals surface area contributed by atoms with E-state index < -0.39 is 46.1 Å². The number of aromatic nitrogens is 2. The van der Waals surface area contributed by atoms with Crippen molar-refractivity contribution in [3.05, 3.63) is 71.1 Å². The Morgan fingerprint density at radius 1 is 1.19 bits per heavy atom. The van der Waals surface area contributed by atoms with Gasteiger partial charge in [0.15, 0.2) is 11.7 Å². The predicted octanol–water partition coefficient (Wildman–Crippen LogP) is 3.85. The second-order valence-electron chi connectivity index (χ2n) is 9.47. The van der Waals surface area contributed by atoms with Crippen molar-refractivity contribution in [1.29, 1.82) is 0 Å². The quantitative estimate of drug-likeness (QED) is 0.116. The maximum atomic E-state index is 13.5. The minimum Gasteiger partial charge on any atom is -0.569 e. The maximum absolute atomic E-state index is 13.5. The lowest BCUT2D eigenvalue weighted by atomic mass is 10.1. The molecule has 0 spiro atoms. The van der Waals surface area contributed by atoms with Crippen LogP contribution in [0.5, 0.6) is 0 Å². The number of nitrogens with one attached hydrogen (secondary N) is 1. The minimum atomic E-state index is -4.72. The highest BCUT2D eigenvalue weighted by Gasteiger charge is 2.42. The summed E-state index contributed by atoms with van der Waals surface area (Å²) in [5.74, 6) is -1.60. The molecule has 17 heteroatoms. The number of ether oxygens (including phenoxy) is 1. The third-order valence-corrected chi connectivity index (χ3v) is 7.70. The molecule has 1 saturated heterocycles. The number of aryl methyl sites for hydroxylation is 1. The molecule has 0 bridgehead atoms. The molecule has 1 fully saturated rings. The van der Waals surface area contributed by atoms with Crippen LogP contribution in [-0.2, 0) is 35.4 Å². The molecule has 1 N–H and O–H groups in total. The summed E-state index contributed by atoms with van der Waals surface area (Å²) < 4.78 is 74.0. The van der Waals surface area contributed by atoms with Crippen LogP contribution in [0.2, 0.25) is 0 Å². The monoisotopic (exact) mass is 624 g/mol. The fraction of sp³-hybridized carbons (Fsp3) is 0.346. The van der Waals surface area contributed by atoms with Crippen molar-refractivity contribution in [2.24, 2.45) is 5.28 Å². The van der Waals surface area contributed by atoms with Crippen LogP contribution in [-0.4, -0.2) is 58.9 Å². The summed E-state index contributed by atoms with van der Waals surface area (Å²) >= 11 is 0. The molecule has 230 valence electrons. The second kappa shape index (κ2) is 12.3. The first-order chi connectivity index (χ1) is 20.2. The van der Waals surface area contributed by atoms with Gasteiger partial charge in [0.25, 0.3) is 22.2 Å². The summed E-state index contributed by atoms with van der Waals surface area (Å²) in [4.78, 5) is 28.3. The van der Waals surface area contributed by atoms with Gasteiger partial charge in [-0.2, -0.15) is 18.3 Å². The number of esters is 1. The molecule has 43 heavy (non-hydrogen) atoms. The van der Waals surface area contributed by atoms with E-state index in [1.165, 1.54) is 19.1 Å². The third kappa shape index (κ3) is 7.22. The van der Waals surface area contributed by atoms with Crippen LogP contribution in [0.15, 0.2) is 64.8 Å². The summed E-state index contributed by atoms with van der Waals surface area (Å²) in [5, 5.41) is 20.0. The van der Waals surface area contributed by atoms with Gasteiger partial charge in [0.05, 0.1) is 27.8 Å².